The molecule has 6 nitrogen and oxygen atoms in total. The number of carbonyl (C=O) groups is 2. The van der Waals surface area contributed by atoms with Crippen LogP contribution in [0.25, 0.3) is 0 Å². The van der Waals surface area contributed by atoms with E-state index in [0.717, 1.165) is 27.7 Å². The lowest BCUT2D eigenvalue weighted by molar-refractivity contribution is -0.147. The smallest absolute Gasteiger partial charge is 0.417 e. The van der Waals surface area contributed by atoms with Crippen LogP contribution in [0.1, 0.15) is 23.6 Å². The number of amides is 2. The lowest BCUT2D eigenvalue weighted by Gasteiger charge is -2.29. The van der Waals surface area contributed by atoms with Gasteiger partial charge >= 0.3 is 18.2 Å². The predicted molar refractivity (Wildman–Crippen MR) is 143 cm³/mol. The number of urea groups is 1. The van der Waals surface area contributed by atoms with Gasteiger partial charge < -0.3 is 10.1 Å². The van der Waals surface area contributed by atoms with Crippen molar-refractivity contribution < 1.29 is 27.5 Å². The van der Waals surface area contributed by atoms with Crippen molar-refractivity contribution in [3.63, 3.8) is 0 Å². The summed E-state index contributed by atoms with van der Waals surface area (Å²) in [7, 11) is 0. The van der Waals surface area contributed by atoms with Gasteiger partial charge in [-0.25, -0.2) is 9.80 Å². The van der Waals surface area contributed by atoms with Crippen LogP contribution in [0.2, 0.25) is 10.0 Å². The molecule has 1 aliphatic rings. The Morgan fingerprint density at radius 2 is 1.74 bits per heavy atom. The Morgan fingerprint density at radius 3 is 2.32 bits per heavy atom. The molecule has 1 N–H and O–H groups in total. The van der Waals surface area contributed by atoms with Crippen molar-refractivity contribution in [2.45, 2.75) is 18.5 Å². The van der Waals surface area contributed by atoms with E-state index in [1.165, 1.54) is 0 Å². The number of benzene rings is 3. The van der Waals surface area contributed by atoms with Crippen LogP contribution in [0, 0.1) is 0 Å². The predicted octanol–water partition coefficient (Wildman–Crippen LogP) is 7.53. The number of hydrazone groups is 1. The maximum Gasteiger partial charge on any atom is 0.417 e. The topological polar surface area (TPSA) is 71.0 Å². The number of nitrogens with one attached hydrogen (secondary N) is 1. The highest BCUT2D eigenvalue weighted by Crippen LogP contribution is 2.40. The zero-order chi connectivity index (χ0) is 27.7. The molecule has 3 aromatic rings. The Morgan fingerprint density at radius 1 is 1.08 bits per heavy atom. The molecule has 0 saturated heterocycles. The van der Waals surface area contributed by atoms with Gasteiger partial charge in [0.2, 0.25) is 0 Å². The number of ether oxygens (including phenoxy) is 1. The molecular weight excluding hydrogens is 610 g/mol. The van der Waals surface area contributed by atoms with Gasteiger partial charge in [0.15, 0.2) is 5.41 Å². The average molecular weight is 629 g/mol. The third-order valence-corrected chi connectivity index (χ3v) is 6.94. The number of rotatable bonds is 5. The number of nitrogens with zero attached hydrogens (tertiary/aromatic N) is 2. The van der Waals surface area contributed by atoms with Gasteiger partial charge in [0, 0.05) is 20.7 Å². The van der Waals surface area contributed by atoms with Crippen molar-refractivity contribution in [2.75, 3.05) is 18.5 Å². The van der Waals surface area contributed by atoms with Gasteiger partial charge in [-0.1, -0.05) is 57.3 Å². The highest BCUT2D eigenvalue weighted by atomic mass is 79.9. The Balaban J connectivity index is 1.86. The number of hydrogen-bond acceptors (Lipinski definition) is 4. The van der Waals surface area contributed by atoms with Crippen molar-refractivity contribution in [3.8, 4) is 0 Å². The van der Waals surface area contributed by atoms with Gasteiger partial charge in [-0.3, -0.25) is 4.79 Å². The van der Waals surface area contributed by atoms with Gasteiger partial charge in [-0.15, -0.1) is 0 Å². The van der Waals surface area contributed by atoms with Crippen LogP contribution < -0.4 is 5.32 Å². The molecule has 1 atom stereocenters. The maximum absolute atomic E-state index is 13.6. The van der Waals surface area contributed by atoms with E-state index >= 15 is 0 Å². The van der Waals surface area contributed by atoms with E-state index in [0.29, 0.717) is 16.3 Å². The molecule has 4 rings (SSSR count). The first kappa shape index (κ1) is 27.9. The summed E-state index contributed by atoms with van der Waals surface area (Å²) >= 11 is 15.4. The monoisotopic (exact) mass is 627 g/mol. The first-order valence-electron chi connectivity index (χ1n) is 11.2. The SMILES string of the molecule is CCOC(=O)C1(c2ccc(Cl)cc2)CN(C(=O)Nc2ccc(Br)cc2)N=C1c1ccc(C(F)(F)F)c(Cl)c1. The summed E-state index contributed by atoms with van der Waals surface area (Å²) in [4.78, 5) is 26.8. The fourth-order valence-corrected chi connectivity index (χ4v) is 4.75. The van der Waals surface area contributed by atoms with Crippen molar-refractivity contribution >= 4 is 62.5 Å². The standard InChI is InChI=1S/C26H19BrCl2F3N3O3/c1-2-38-23(36)25(16-4-8-18(28)9-5-16)14-35(24(37)33-19-10-6-17(27)7-11-19)34-22(25)15-3-12-20(21(29)13-15)26(30,31)32/h3-13H,2,14H2,1H3,(H,33,37). The van der Waals surface area contributed by atoms with Gasteiger partial charge in [0.25, 0.3) is 0 Å². The van der Waals surface area contributed by atoms with E-state index in [2.05, 4.69) is 26.3 Å². The first-order chi connectivity index (χ1) is 18.0. The molecule has 1 unspecified atom stereocenters. The summed E-state index contributed by atoms with van der Waals surface area (Å²) in [6.07, 6.45) is -4.68. The molecule has 0 aliphatic carbocycles. The minimum atomic E-state index is -4.68. The summed E-state index contributed by atoms with van der Waals surface area (Å²) < 4.78 is 46.3. The number of carbonyl (C=O) groups excluding carboxylic acids is 2. The molecule has 0 fully saturated rings. The van der Waals surface area contributed by atoms with Gasteiger partial charge in [-0.05, 0) is 61.0 Å². The van der Waals surface area contributed by atoms with Crippen LogP contribution in [-0.2, 0) is 21.1 Å². The lowest BCUT2D eigenvalue weighted by atomic mass is 9.74. The Kier molecular flexibility index (Phi) is 8.06. The first-order valence-corrected chi connectivity index (χ1v) is 12.7. The van der Waals surface area contributed by atoms with E-state index in [1.807, 2.05) is 0 Å². The van der Waals surface area contributed by atoms with Crippen LogP contribution in [0.4, 0.5) is 23.7 Å². The summed E-state index contributed by atoms with van der Waals surface area (Å²) in [5, 5.41) is 7.97. The number of alkyl halides is 3. The molecule has 0 bridgehead atoms. The molecule has 38 heavy (non-hydrogen) atoms. The van der Waals surface area contributed by atoms with Crippen LogP contribution in [0.15, 0.2) is 76.3 Å². The number of esters is 1. The maximum atomic E-state index is 13.6. The molecule has 1 heterocycles. The molecule has 3 aromatic carbocycles. The zero-order valence-electron chi connectivity index (χ0n) is 19.7. The highest BCUT2D eigenvalue weighted by molar-refractivity contribution is 9.10. The summed E-state index contributed by atoms with van der Waals surface area (Å²) in [6.45, 7) is 1.34. The van der Waals surface area contributed by atoms with Gasteiger partial charge in [0.05, 0.1) is 29.4 Å². The van der Waals surface area contributed by atoms with Gasteiger partial charge in [-0.2, -0.15) is 18.3 Å². The molecule has 1 aliphatic heterocycles. The van der Waals surface area contributed by atoms with E-state index in [1.54, 1.807) is 55.5 Å². The van der Waals surface area contributed by atoms with Crippen molar-refractivity contribution in [1.82, 2.24) is 5.01 Å². The van der Waals surface area contributed by atoms with Crippen LogP contribution in [0.3, 0.4) is 0 Å². The second-order valence-electron chi connectivity index (χ2n) is 8.27. The van der Waals surface area contributed by atoms with Gasteiger partial charge in [0.1, 0.15) is 0 Å². The summed E-state index contributed by atoms with van der Waals surface area (Å²) in [5.41, 5.74) is -1.76. The molecule has 2 amide bonds. The third-order valence-electron chi connectivity index (χ3n) is 5.85. The number of halogens is 6. The zero-order valence-corrected chi connectivity index (χ0v) is 22.7. The largest absolute Gasteiger partial charge is 0.465 e. The van der Waals surface area contributed by atoms with E-state index in [-0.39, 0.29) is 24.4 Å². The minimum Gasteiger partial charge on any atom is -0.465 e. The second kappa shape index (κ2) is 11.0. The van der Waals surface area contributed by atoms with Crippen LogP contribution >= 0.6 is 39.1 Å². The normalized spacial score (nSPS) is 17.2. The van der Waals surface area contributed by atoms with Crippen LogP contribution in [-0.4, -0.2) is 35.9 Å². The van der Waals surface area contributed by atoms with E-state index in [9.17, 15) is 22.8 Å². The number of anilines is 1. The molecule has 0 saturated carbocycles. The summed E-state index contributed by atoms with van der Waals surface area (Å²) in [5.74, 6) is -0.740. The van der Waals surface area contributed by atoms with Crippen molar-refractivity contribution in [1.29, 1.82) is 0 Å². The molecule has 0 radical (unpaired) electrons. The highest BCUT2D eigenvalue weighted by Gasteiger charge is 2.54. The molecule has 0 spiro atoms. The fourth-order valence-electron chi connectivity index (χ4n) is 4.07. The van der Waals surface area contributed by atoms with E-state index in [4.69, 9.17) is 27.9 Å². The number of hydrogen-bond donors (Lipinski definition) is 1. The Bertz CT molecular complexity index is 1400. The molecular formula is C26H19BrCl2F3N3O3. The molecule has 12 heteroatoms. The van der Waals surface area contributed by atoms with Crippen LogP contribution in [0.5, 0.6) is 0 Å². The van der Waals surface area contributed by atoms with E-state index < -0.39 is 34.2 Å². The second-order valence-corrected chi connectivity index (χ2v) is 10.0. The quantitative estimate of drug-likeness (QED) is 0.297. The third kappa shape index (κ3) is 5.52. The average Bonchev–Trinajstić information content (AvgIpc) is 3.27. The minimum absolute atomic E-state index is 0.000136. The lowest BCUT2D eigenvalue weighted by Crippen LogP contribution is -2.48. The Labute approximate surface area is 234 Å². The van der Waals surface area contributed by atoms with Crippen molar-refractivity contribution in [3.05, 3.63) is 97.9 Å². The fraction of sp³-hybridized carbons (Fsp3) is 0.192. The molecule has 198 valence electrons. The molecule has 0 aromatic heterocycles. The van der Waals surface area contributed by atoms with Crippen molar-refractivity contribution in [2.24, 2.45) is 5.10 Å². The Hall–Kier alpha value is -3.08. The summed E-state index contributed by atoms with van der Waals surface area (Å²) in [6, 6.07) is 15.4.